The van der Waals surface area contributed by atoms with Crippen molar-refractivity contribution < 1.29 is 12.4 Å². The van der Waals surface area contributed by atoms with Gasteiger partial charge in [-0.05, 0) is 0 Å². The van der Waals surface area contributed by atoms with Crippen molar-refractivity contribution in [3.63, 3.8) is 0 Å². The number of amides is 1. The van der Waals surface area contributed by atoms with Gasteiger partial charge in [-0.1, -0.05) is 5.16 Å². The Morgan fingerprint density at radius 1 is 1.69 bits per heavy atom. The van der Waals surface area contributed by atoms with Crippen LogP contribution in [0.5, 0.6) is 0 Å². The van der Waals surface area contributed by atoms with E-state index in [1.807, 2.05) is 0 Å². The van der Waals surface area contributed by atoms with Gasteiger partial charge < -0.3 is 12.5 Å². The van der Waals surface area contributed by atoms with Crippen molar-refractivity contribution in [1.29, 1.82) is 0 Å². The number of nitrogens with zero attached hydrogens (tertiary/aromatic N) is 3. The van der Waals surface area contributed by atoms with Crippen molar-refractivity contribution in [2.75, 3.05) is 14.1 Å². The molecule has 0 bridgehead atoms. The molecule has 0 N–H and O–H groups in total. The van der Waals surface area contributed by atoms with Crippen LogP contribution in [0.4, 0.5) is 0 Å². The standard InChI is InChI=1S/C6H8IN3O3/c1-10(2)6(11)5-8-4(3-12-7)9-13-5/h3H2,1-2H3. The molecule has 1 heterocycles. The van der Waals surface area contributed by atoms with Crippen LogP contribution in [-0.4, -0.2) is 35.0 Å². The second-order valence-corrected chi connectivity index (χ2v) is 3.09. The maximum atomic E-state index is 11.2. The molecule has 0 aliphatic rings. The summed E-state index contributed by atoms with van der Waals surface area (Å²) in [4.78, 5) is 16.4. The zero-order chi connectivity index (χ0) is 9.84. The van der Waals surface area contributed by atoms with Crippen LogP contribution in [-0.2, 0) is 9.67 Å². The Kier molecular flexibility index (Phi) is 3.60. The lowest BCUT2D eigenvalue weighted by Gasteiger charge is -2.04. The van der Waals surface area contributed by atoms with Gasteiger partial charge in [0.05, 0.1) is 0 Å². The maximum Gasteiger partial charge on any atom is 0.316 e. The fourth-order valence-electron chi connectivity index (χ4n) is 0.640. The van der Waals surface area contributed by atoms with Gasteiger partial charge in [-0.2, -0.15) is 4.98 Å². The molecule has 0 radical (unpaired) electrons. The van der Waals surface area contributed by atoms with Gasteiger partial charge in [0.15, 0.2) is 5.82 Å². The van der Waals surface area contributed by atoms with E-state index in [1.165, 1.54) is 4.90 Å². The van der Waals surface area contributed by atoms with E-state index in [0.717, 1.165) is 0 Å². The van der Waals surface area contributed by atoms with E-state index in [1.54, 1.807) is 37.1 Å². The molecule has 0 saturated heterocycles. The molecule has 1 aromatic heterocycles. The van der Waals surface area contributed by atoms with Crippen molar-refractivity contribution >= 4 is 28.9 Å². The number of rotatable bonds is 3. The fraction of sp³-hybridized carbons (Fsp3) is 0.500. The average molecular weight is 297 g/mol. The SMILES string of the molecule is CN(C)C(=O)c1nc(COI)no1. The molecule has 0 aliphatic heterocycles. The van der Waals surface area contributed by atoms with Gasteiger partial charge in [-0.3, -0.25) is 4.79 Å². The van der Waals surface area contributed by atoms with E-state index in [4.69, 9.17) is 7.59 Å². The zero-order valence-corrected chi connectivity index (χ0v) is 9.31. The maximum absolute atomic E-state index is 11.2. The smallest absolute Gasteiger partial charge is 0.316 e. The first-order valence-corrected chi connectivity index (χ1v) is 4.31. The minimum absolute atomic E-state index is 0.0200. The molecule has 0 atom stereocenters. The van der Waals surface area contributed by atoms with E-state index in [-0.39, 0.29) is 18.4 Å². The molecule has 0 saturated carbocycles. The third kappa shape index (κ3) is 2.62. The van der Waals surface area contributed by atoms with Crippen molar-refractivity contribution in [2.24, 2.45) is 0 Å². The minimum Gasteiger partial charge on any atom is -0.341 e. The van der Waals surface area contributed by atoms with Crippen molar-refractivity contribution in [1.82, 2.24) is 15.0 Å². The van der Waals surface area contributed by atoms with E-state index in [2.05, 4.69) is 10.1 Å². The number of hydrogen-bond acceptors (Lipinski definition) is 5. The van der Waals surface area contributed by atoms with Crippen LogP contribution < -0.4 is 0 Å². The molecule has 1 rings (SSSR count). The zero-order valence-electron chi connectivity index (χ0n) is 7.15. The molecule has 0 aliphatic carbocycles. The summed E-state index contributed by atoms with van der Waals surface area (Å²) in [6.45, 7) is 0.227. The second kappa shape index (κ2) is 4.51. The molecule has 72 valence electrons. The summed E-state index contributed by atoms with van der Waals surface area (Å²) in [5.74, 6) is 0.0280. The third-order valence-corrected chi connectivity index (χ3v) is 1.55. The quantitative estimate of drug-likeness (QED) is 0.766. The molecular formula is C6H8IN3O3. The Balaban J connectivity index is 2.73. The molecule has 1 amide bonds. The minimum atomic E-state index is -0.313. The monoisotopic (exact) mass is 297 g/mol. The van der Waals surface area contributed by atoms with Gasteiger partial charge in [0.2, 0.25) is 0 Å². The summed E-state index contributed by atoms with van der Waals surface area (Å²) >= 11 is 1.71. The summed E-state index contributed by atoms with van der Waals surface area (Å²) in [6, 6.07) is 0. The number of carbonyl (C=O) groups is 1. The van der Waals surface area contributed by atoms with Crippen molar-refractivity contribution in [3.8, 4) is 0 Å². The molecule has 13 heavy (non-hydrogen) atoms. The number of aromatic nitrogens is 2. The summed E-state index contributed by atoms with van der Waals surface area (Å²) in [5, 5.41) is 3.55. The van der Waals surface area contributed by atoms with Gasteiger partial charge in [-0.15, -0.1) is 0 Å². The van der Waals surface area contributed by atoms with E-state index >= 15 is 0 Å². The fourth-order valence-corrected chi connectivity index (χ4v) is 0.918. The van der Waals surface area contributed by atoms with Gasteiger partial charge in [0.25, 0.3) is 0 Å². The van der Waals surface area contributed by atoms with E-state index < -0.39 is 0 Å². The van der Waals surface area contributed by atoms with E-state index in [9.17, 15) is 4.79 Å². The van der Waals surface area contributed by atoms with Gasteiger partial charge in [0, 0.05) is 14.1 Å². The molecule has 0 fully saturated rings. The Labute approximate surface area is 88.9 Å². The summed E-state index contributed by atoms with van der Waals surface area (Å²) in [5.41, 5.74) is 0. The van der Waals surface area contributed by atoms with Crippen LogP contribution in [0.25, 0.3) is 0 Å². The number of hydrogen-bond donors (Lipinski definition) is 0. The first-order valence-electron chi connectivity index (χ1n) is 3.43. The predicted molar refractivity (Wildman–Crippen MR) is 51.1 cm³/mol. The Bertz CT molecular complexity index is 299. The lowest BCUT2D eigenvalue weighted by atomic mass is 10.5. The highest BCUT2D eigenvalue weighted by atomic mass is 127. The highest BCUT2D eigenvalue weighted by Gasteiger charge is 2.16. The number of carbonyl (C=O) groups excluding carboxylic acids is 1. The summed E-state index contributed by atoms with van der Waals surface area (Å²) < 4.78 is 9.45. The van der Waals surface area contributed by atoms with Crippen LogP contribution in [0.3, 0.4) is 0 Å². The van der Waals surface area contributed by atoms with Crippen molar-refractivity contribution in [3.05, 3.63) is 11.7 Å². The molecule has 1 aromatic rings. The highest BCUT2D eigenvalue weighted by Crippen LogP contribution is 2.02. The predicted octanol–water partition coefficient (Wildman–Crippen LogP) is 0.638. The van der Waals surface area contributed by atoms with Crippen LogP contribution in [0.15, 0.2) is 4.52 Å². The first kappa shape index (κ1) is 10.4. The molecule has 0 aromatic carbocycles. The largest absolute Gasteiger partial charge is 0.341 e. The van der Waals surface area contributed by atoms with Crippen LogP contribution >= 0.6 is 23.0 Å². The molecular weight excluding hydrogens is 289 g/mol. The Morgan fingerprint density at radius 2 is 2.38 bits per heavy atom. The van der Waals surface area contributed by atoms with Gasteiger partial charge in [-0.25, -0.2) is 0 Å². The Morgan fingerprint density at radius 3 is 2.92 bits per heavy atom. The molecule has 0 spiro atoms. The molecule has 0 unspecified atom stereocenters. The van der Waals surface area contributed by atoms with Crippen LogP contribution in [0.1, 0.15) is 16.5 Å². The highest BCUT2D eigenvalue weighted by molar-refractivity contribution is 14.1. The topological polar surface area (TPSA) is 68.5 Å². The lowest BCUT2D eigenvalue weighted by molar-refractivity contribution is 0.0779. The normalized spacial score (nSPS) is 10.1. The van der Waals surface area contributed by atoms with Crippen LogP contribution in [0.2, 0.25) is 0 Å². The summed E-state index contributed by atoms with van der Waals surface area (Å²) in [6.07, 6.45) is 0. The summed E-state index contributed by atoms with van der Waals surface area (Å²) in [7, 11) is 3.22. The van der Waals surface area contributed by atoms with Gasteiger partial charge in [0.1, 0.15) is 29.6 Å². The molecule has 7 heteroatoms. The average Bonchev–Trinajstić information content (AvgIpc) is 2.52. The van der Waals surface area contributed by atoms with Gasteiger partial charge >= 0.3 is 11.8 Å². The Hall–Kier alpha value is -0.700. The van der Waals surface area contributed by atoms with Crippen molar-refractivity contribution in [2.45, 2.75) is 6.61 Å². The van der Waals surface area contributed by atoms with E-state index in [0.29, 0.717) is 5.82 Å². The lowest BCUT2D eigenvalue weighted by Crippen LogP contribution is -2.21. The van der Waals surface area contributed by atoms with Crippen LogP contribution in [0, 0.1) is 0 Å². The second-order valence-electron chi connectivity index (χ2n) is 2.47. The third-order valence-electron chi connectivity index (χ3n) is 1.24. The number of halogens is 1. The molecule has 6 nitrogen and oxygen atoms in total. The first-order chi connectivity index (χ1) is 6.15.